The van der Waals surface area contributed by atoms with E-state index < -0.39 is 34.5 Å². The van der Waals surface area contributed by atoms with Crippen LogP contribution in [0.2, 0.25) is 0 Å². The predicted molar refractivity (Wildman–Crippen MR) is 90.4 cm³/mol. The highest BCUT2D eigenvalue weighted by Crippen LogP contribution is 2.34. The second kappa shape index (κ2) is 7.23. The molecule has 0 bridgehead atoms. The third-order valence-electron chi connectivity index (χ3n) is 3.77. The molecule has 138 valence electrons. The van der Waals surface area contributed by atoms with Crippen LogP contribution in [-0.2, 0) is 30.5 Å². The lowest BCUT2D eigenvalue weighted by Gasteiger charge is -2.37. The number of carbonyl (C=O) groups is 3. The van der Waals surface area contributed by atoms with Crippen molar-refractivity contribution in [1.29, 1.82) is 0 Å². The van der Waals surface area contributed by atoms with Gasteiger partial charge in [0.25, 0.3) is 0 Å². The zero-order valence-corrected chi connectivity index (χ0v) is 15.2. The molecule has 25 heavy (non-hydrogen) atoms. The molecule has 0 aromatic heterocycles. The van der Waals surface area contributed by atoms with Gasteiger partial charge in [-0.25, -0.2) is 9.59 Å². The topological polar surface area (TPSA) is 116 Å². The molecule has 0 saturated heterocycles. The van der Waals surface area contributed by atoms with E-state index in [9.17, 15) is 19.5 Å². The minimum absolute atomic E-state index is 0.156. The van der Waals surface area contributed by atoms with Crippen molar-refractivity contribution >= 4 is 17.9 Å². The summed E-state index contributed by atoms with van der Waals surface area (Å²) in [4.78, 5) is 36.7. The van der Waals surface area contributed by atoms with Crippen molar-refractivity contribution in [1.82, 2.24) is 0 Å². The van der Waals surface area contributed by atoms with Crippen molar-refractivity contribution < 1.29 is 29.0 Å². The maximum atomic E-state index is 12.5. The number of carbonyl (C=O) groups excluding carboxylic acids is 2. The van der Waals surface area contributed by atoms with Crippen molar-refractivity contribution in [3.05, 3.63) is 35.9 Å². The van der Waals surface area contributed by atoms with E-state index in [0.717, 1.165) is 0 Å². The van der Waals surface area contributed by atoms with Crippen LogP contribution < -0.4 is 5.73 Å². The van der Waals surface area contributed by atoms with E-state index in [2.05, 4.69) is 0 Å². The highest BCUT2D eigenvalue weighted by molar-refractivity contribution is 6.09. The van der Waals surface area contributed by atoms with Crippen LogP contribution in [-0.4, -0.2) is 34.2 Å². The molecule has 1 atom stereocenters. The summed E-state index contributed by atoms with van der Waals surface area (Å²) in [5.41, 5.74) is 1.24. The molecule has 7 heteroatoms. The van der Waals surface area contributed by atoms with Crippen LogP contribution in [0.3, 0.4) is 0 Å². The number of ether oxygens (including phenoxy) is 2. The van der Waals surface area contributed by atoms with Crippen LogP contribution in [0.1, 0.15) is 40.2 Å². The largest absolute Gasteiger partial charge is 0.479 e. The molecular formula is C18H25NO6. The number of rotatable bonds is 6. The number of carboxylic acid groups (broad SMARTS) is 1. The summed E-state index contributed by atoms with van der Waals surface area (Å²) < 4.78 is 10.3. The van der Waals surface area contributed by atoms with Crippen LogP contribution in [0.15, 0.2) is 30.3 Å². The van der Waals surface area contributed by atoms with Crippen LogP contribution in [0, 0.1) is 5.41 Å². The molecule has 0 spiro atoms. The summed E-state index contributed by atoms with van der Waals surface area (Å²) in [6.45, 7) is 7.24. The molecule has 0 saturated carbocycles. The minimum atomic E-state index is -2.59. The molecule has 0 amide bonds. The fraction of sp³-hybridized carbons (Fsp3) is 0.500. The van der Waals surface area contributed by atoms with E-state index >= 15 is 0 Å². The fourth-order valence-electron chi connectivity index (χ4n) is 2.01. The summed E-state index contributed by atoms with van der Waals surface area (Å²) in [6, 6.07) is 8.72. The van der Waals surface area contributed by atoms with Gasteiger partial charge in [-0.1, -0.05) is 30.3 Å². The van der Waals surface area contributed by atoms with E-state index in [0.29, 0.717) is 5.56 Å². The lowest BCUT2D eigenvalue weighted by molar-refractivity contribution is -0.184. The van der Waals surface area contributed by atoms with Crippen LogP contribution in [0.5, 0.6) is 0 Å². The number of esters is 2. The minimum Gasteiger partial charge on any atom is -0.479 e. The van der Waals surface area contributed by atoms with Gasteiger partial charge in [-0.05, 0) is 40.2 Å². The Hall–Kier alpha value is -2.41. The smallest absolute Gasteiger partial charge is 0.339 e. The number of hydrogen-bond acceptors (Lipinski definition) is 6. The van der Waals surface area contributed by atoms with E-state index in [4.69, 9.17) is 15.2 Å². The molecular weight excluding hydrogens is 326 g/mol. The predicted octanol–water partition coefficient (Wildman–Crippen LogP) is 1.88. The summed E-state index contributed by atoms with van der Waals surface area (Å²) in [7, 11) is 0. The van der Waals surface area contributed by atoms with Gasteiger partial charge in [0.1, 0.15) is 17.6 Å². The first-order valence-electron chi connectivity index (χ1n) is 7.79. The first-order valence-corrected chi connectivity index (χ1v) is 7.79. The molecule has 1 aromatic rings. The van der Waals surface area contributed by atoms with Gasteiger partial charge >= 0.3 is 17.9 Å². The molecule has 3 N–H and O–H groups in total. The molecule has 0 aliphatic heterocycles. The van der Waals surface area contributed by atoms with Gasteiger partial charge in [-0.2, -0.15) is 0 Å². The molecule has 0 fully saturated rings. The first kappa shape index (κ1) is 20.6. The van der Waals surface area contributed by atoms with Gasteiger partial charge < -0.3 is 20.3 Å². The Balaban J connectivity index is 3.06. The number of benzene rings is 1. The van der Waals surface area contributed by atoms with Gasteiger partial charge in [0.2, 0.25) is 5.54 Å². The molecule has 1 rings (SSSR count). The third-order valence-corrected chi connectivity index (χ3v) is 3.77. The first-order chi connectivity index (χ1) is 11.3. The number of nitrogens with two attached hydrogens (primary N) is 1. The van der Waals surface area contributed by atoms with Crippen LogP contribution in [0.25, 0.3) is 0 Å². The lowest BCUT2D eigenvalue weighted by Crippen LogP contribution is -2.67. The summed E-state index contributed by atoms with van der Waals surface area (Å²) in [6.07, 6.45) is 0. The van der Waals surface area contributed by atoms with Crippen molar-refractivity contribution in [2.24, 2.45) is 11.1 Å². The number of carboxylic acids is 1. The number of hydrogen-bond donors (Lipinski definition) is 2. The number of aliphatic carboxylic acids is 1. The highest BCUT2D eigenvalue weighted by atomic mass is 16.6. The summed E-state index contributed by atoms with van der Waals surface area (Å²) in [5.74, 6) is -3.78. The zero-order chi connectivity index (χ0) is 19.5. The van der Waals surface area contributed by atoms with Crippen molar-refractivity contribution in [3.8, 4) is 0 Å². The molecule has 0 aliphatic rings. The quantitative estimate of drug-likeness (QED) is 0.594. The maximum Gasteiger partial charge on any atom is 0.339 e. The Labute approximate surface area is 147 Å². The maximum absolute atomic E-state index is 12.5. The molecule has 0 aliphatic carbocycles. The average Bonchev–Trinajstić information content (AvgIpc) is 2.50. The van der Waals surface area contributed by atoms with Gasteiger partial charge in [0.05, 0.1) is 0 Å². The average molecular weight is 351 g/mol. The highest BCUT2D eigenvalue weighted by Gasteiger charge is 2.61. The van der Waals surface area contributed by atoms with Gasteiger partial charge in [0, 0.05) is 0 Å². The Morgan fingerprint density at radius 2 is 1.52 bits per heavy atom. The van der Waals surface area contributed by atoms with E-state index in [1.165, 1.54) is 13.8 Å². The standard InChI is InChI=1S/C18H25NO6/c1-16(2,3)25-14(22)17(4,5)18(19,13(20)21)15(23)24-11-12-9-7-6-8-10-12/h6-10H,11,19H2,1-5H3,(H,20,21). The summed E-state index contributed by atoms with van der Waals surface area (Å²) in [5, 5.41) is 9.55. The molecule has 1 aromatic carbocycles. The summed E-state index contributed by atoms with van der Waals surface area (Å²) >= 11 is 0. The lowest BCUT2D eigenvalue weighted by atomic mass is 9.72. The molecule has 1 unspecified atom stereocenters. The van der Waals surface area contributed by atoms with E-state index in [1.54, 1.807) is 51.1 Å². The van der Waals surface area contributed by atoms with Crippen LogP contribution >= 0.6 is 0 Å². The normalized spacial score (nSPS) is 14.3. The van der Waals surface area contributed by atoms with Crippen LogP contribution in [0.4, 0.5) is 0 Å². The fourth-order valence-corrected chi connectivity index (χ4v) is 2.01. The van der Waals surface area contributed by atoms with E-state index in [1.807, 2.05) is 0 Å². The molecule has 0 heterocycles. The molecule has 0 radical (unpaired) electrons. The zero-order valence-electron chi connectivity index (χ0n) is 15.2. The van der Waals surface area contributed by atoms with Gasteiger partial charge in [0.15, 0.2) is 0 Å². The SMILES string of the molecule is CC(C)(C)OC(=O)C(C)(C)C(N)(C(=O)O)C(=O)OCc1ccccc1. The van der Waals surface area contributed by atoms with Gasteiger partial charge in [-0.3, -0.25) is 4.79 Å². The Morgan fingerprint density at radius 1 is 1.00 bits per heavy atom. The second-order valence-electron chi connectivity index (χ2n) is 7.30. The Kier molecular flexibility index (Phi) is 5.96. The Morgan fingerprint density at radius 3 is 1.96 bits per heavy atom. The van der Waals surface area contributed by atoms with Crippen molar-refractivity contribution in [3.63, 3.8) is 0 Å². The Bertz CT molecular complexity index is 647. The third kappa shape index (κ3) is 4.57. The van der Waals surface area contributed by atoms with E-state index in [-0.39, 0.29) is 6.61 Å². The molecule has 7 nitrogen and oxygen atoms in total. The van der Waals surface area contributed by atoms with Crippen molar-refractivity contribution in [2.45, 2.75) is 52.4 Å². The van der Waals surface area contributed by atoms with Gasteiger partial charge in [-0.15, -0.1) is 0 Å². The monoisotopic (exact) mass is 351 g/mol. The second-order valence-corrected chi connectivity index (χ2v) is 7.30. The van der Waals surface area contributed by atoms with Crippen molar-refractivity contribution in [2.75, 3.05) is 0 Å².